The summed E-state index contributed by atoms with van der Waals surface area (Å²) in [4.78, 5) is 26.8. The molecule has 3 rings (SSSR count). The molecule has 25 heavy (non-hydrogen) atoms. The average molecular weight is 362 g/mol. The van der Waals surface area contributed by atoms with Gasteiger partial charge in [0.2, 0.25) is 11.8 Å². The molecule has 2 aliphatic rings. The lowest BCUT2D eigenvalue weighted by Crippen LogP contribution is -2.47. The van der Waals surface area contributed by atoms with Crippen LogP contribution >= 0.6 is 11.8 Å². The summed E-state index contributed by atoms with van der Waals surface area (Å²) >= 11 is 1.65. The van der Waals surface area contributed by atoms with Crippen LogP contribution in [0.15, 0.2) is 18.2 Å². The fraction of sp³-hybridized carbons (Fsp3) is 0.579. The van der Waals surface area contributed by atoms with Crippen molar-refractivity contribution in [1.82, 2.24) is 15.5 Å². The van der Waals surface area contributed by atoms with Crippen LogP contribution in [-0.2, 0) is 29.2 Å². The van der Waals surface area contributed by atoms with Gasteiger partial charge in [-0.2, -0.15) is 0 Å². The van der Waals surface area contributed by atoms with Crippen molar-refractivity contribution in [3.05, 3.63) is 34.9 Å². The molecule has 5 nitrogen and oxygen atoms in total. The van der Waals surface area contributed by atoms with Gasteiger partial charge in [0.25, 0.3) is 0 Å². The number of amides is 2. The third-order valence-corrected chi connectivity index (χ3v) is 5.57. The zero-order valence-corrected chi connectivity index (χ0v) is 16.0. The van der Waals surface area contributed by atoms with Crippen molar-refractivity contribution in [2.45, 2.75) is 52.9 Å². The number of thioether (sulfide) groups is 1. The minimum absolute atomic E-state index is 0.0501. The highest BCUT2D eigenvalue weighted by molar-refractivity contribution is 7.99. The molecule has 6 heteroatoms. The molecule has 0 spiro atoms. The zero-order chi connectivity index (χ0) is 18.0. The summed E-state index contributed by atoms with van der Waals surface area (Å²) in [5.41, 5.74) is 3.68. The molecule has 0 radical (unpaired) electrons. The van der Waals surface area contributed by atoms with Gasteiger partial charge in [0.1, 0.15) is 6.04 Å². The predicted molar refractivity (Wildman–Crippen MR) is 101 cm³/mol. The number of hydrogen-bond donors (Lipinski definition) is 2. The van der Waals surface area contributed by atoms with Crippen molar-refractivity contribution in [2.75, 3.05) is 11.6 Å². The number of hydrogen-bond acceptors (Lipinski definition) is 4. The van der Waals surface area contributed by atoms with Crippen LogP contribution in [0.25, 0.3) is 0 Å². The maximum absolute atomic E-state index is 12.6. The van der Waals surface area contributed by atoms with Crippen LogP contribution in [-0.4, -0.2) is 34.4 Å². The second-order valence-electron chi connectivity index (χ2n) is 8.04. The quantitative estimate of drug-likeness (QED) is 0.863. The van der Waals surface area contributed by atoms with Crippen LogP contribution in [0, 0.1) is 5.41 Å². The van der Waals surface area contributed by atoms with E-state index in [1.165, 1.54) is 11.1 Å². The van der Waals surface area contributed by atoms with Crippen molar-refractivity contribution in [3.63, 3.8) is 0 Å². The van der Waals surface area contributed by atoms with E-state index < -0.39 is 0 Å². The molecule has 1 unspecified atom stereocenters. The Balaban J connectivity index is 1.57. The van der Waals surface area contributed by atoms with E-state index in [-0.39, 0.29) is 23.3 Å². The lowest BCUT2D eigenvalue weighted by Gasteiger charge is -2.26. The zero-order valence-electron chi connectivity index (χ0n) is 15.2. The molecule has 2 amide bonds. The van der Waals surface area contributed by atoms with E-state index in [0.29, 0.717) is 24.6 Å². The third-order valence-electron chi connectivity index (χ3n) is 4.56. The Bertz CT molecular complexity index is 669. The first-order valence-electron chi connectivity index (χ1n) is 8.80. The fourth-order valence-corrected chi connectivity index (χ4v) is 4.41. The van der Waals surface area contributed by atoms with Crippen molar-refractivity contribution < 1.29 is 9.59 Å². The summed E-state index contributed by atoms with van der Waals surface area (Å²) < 4.78 is 0. The molecular weight excluding hydrogens is 334 g/mol. The molecule has 2 aliphatic heterocycles. The Morgan fingerprint density at radius 2 is 2.04 bits per heavy atom. The molecule has 1 atom stereocenters. The molecule has 0 bridgehead atoms. The second kappa shape index (κ2) is 7.38. The largest absolute Gasteiger partial charge is 0.350 e. The molecule has 2 heterocycles. The molecule has 0 aromatic heterocycles. The van der Waals surface area contributed by atoms with Gasteiger partial charge in [-0.1, -0.05) is 39.0 Å². The molecular formula is C19H27N3O2S. The van der Waals surface area contributed by atoms with Crippen LogP contribution in [0.2, 0.25) is 0 Å². The topological polar surface area (TPSA) is 61.4 Å². The van der Waals surface area contributed by atoms with Crippen LogP contribution < -0.4 is 10.6 Å². The SMILES string of the molecule is CC(C)(C)CC(=O)N1CSCC1C(=O)NCc1ccc2c(c1)CNC2. The minimum Gasteiger partial charge on any atom is -0.350 e. The van der Waals surface area contributed by atoms with Gasteiger partial charge >= 0.3 is 0 Å². The smallest absolute Gasteiger partial charge is 0.243 e. The van der Waals surface area contributed by atoms with Crippen LogP contribution in [0.1, 0.15) is 43.9 Å². The Morgan fingerprint density at radius 1 is 1.28 bits per heavy atom. The fourth-order valence-electron chi connectivity index (χ4n) is 3.23. The lowest BCUT2D eigenvalue weighted by atomic mass is 9.91. The third kappa shape index (κ3) is 4.55. The van der Waals surface area contributed by atoms with Crippen molar-refractivity contribution in [1.29, 1.82) is 0 Å². The Morgan fingerprint density at radius 3 is 2.80 bits per heavy atom. The van der Waals surface area contributed by atoms with Gasteiger partial charge in [0.05, 0.1) is 5.88 Å². The first-order chi connectivity index (χ1) is 11.8. The van der Waals surface area contributed by atoms with Crippen molar-refractivity contribution in [3.8, 4) is 0 Å². The molecule has 1 saturated heterocycles. The van der Waals surface area contributed by atoms with E-state index in [0.717, 1.165) is 18.7 Å². The average Bonchev–Trinajstić information content (AvgIpc) is 3.19. The Kier molecular flexibility index (Phi) is 5.39. The Labute approximate surface area is 153 Å². The van der Waals surface area contributed by atoms with Gasteiger partial charge in [-0.3, -0.25) is 9.59 Å². The maximum atomic E-state index is 12.6. The molecule has 1 fully saturated rings. The summed E-state index contributed by atoms with van der Waals surface area (Å²) in [5, 5.41) is 6.34. The van der Waals surface area contributed by atoms with E-state index in [2.05, 4.69) is 28.8 Å². The minimum atomic E-state index is -0.351. The van der Waals surface area contributed by atoms with Gasteiger partial charge in [0, 0.05) is 31.8 Å². The number of nitrogens with zero attached hydrogens (tertiary/aromatic N) is 1. The van der Waals surface area contributed by atoms with Gasteiger partial charge in [-0.15, -0.1) is 11.8 Å². The molecule has 1 aromatic rings. The number of carbonyl (C=O) groups is 2. The monoisotopic (exact) mass is 361 g/mol. The predicted octanol–water partition coefficient (Wildman–Crippen LogP) is 2.24. The summed E-state index contributed by atoms with van der Waals surface area (Å²) in [6.07, 6.45) is 0.467. The first-order valence-corrected chi connectivity index (χ1v) is 9.95. The lowest BCUT2D eigenvalue weighted by molar-refractivity contribution is -0.139. The van der Waals surface area contributed by atoms with Crippen molar-refractivity contribution in [2.24, 2.45) is 5.41 Å². The van der Waals surface area contributed by atoms with Crippen LogP contribution in [0.5, 0.6) is 0 Å². The van der Waals surface area contributed by atoms with Gasteiger partial charge < -0.3 is 15.5 Å². The van der Waals surface area contributed by atoms with Crippen LogP contribution in [0.4, 0.5) is 0 Å². The van der Waals surface area contributed by atoms with Gasteiger partial charge in [-0.05, 0) is 22.1 Å². The molecule has 2 N–H and O–H groups in total. The molecule has 136 valence electrons. The van der Waals surface area contributed by atoms with E-state index in [1.807, 2.05) is 20.8 Å². The molecule has 0 aliphatic carbocycles. The number of fused-ring (bicyclic) bond motifs is 1. The standard InChI is InChI=1S/C19H27N3O2S/c1-19(2,3)7-17(23)22-12-25-11-16(22)18(24)21-8-13-4-5-14-9-20-10-15(14)6-13/h4-6,16,20H,7-12H2,1-3H3,(H,21,24). The number of carbonyl (C=O) groups excluding carboxylic acids is 2. The number of nitrogens with one attached hydrogen (secondary N) is 2. The highest BCUT2D eigenvalue weighted by Crippen LogP contribution is 2.26. The first kappa shape index (κ1) is 18.3. The van der Waals surface area contributed by atoms with Gasteiger partial charge in [0.15, 0.2) is 0 Å². The van der Waals surface area contributed by atoms with E-state index in [9.17, 15) is 9.59 Å². The summed E-state index contributed by atoms with van der Waals surface area (Å²) in [6.45, 7) is 8.47. The molecule has 1 aromatic carbocycles. The Hall–Kier alpha value is -1.53. The van der Waals surface area contributed by atoms with E-state index in [1.54, 1.807) is 16.7 Å². The number of benzene rings is 1. The van der Waals surface area contributed by atoms with E-state index in [4.69, 9.17) is 0 Å². The van der Waals surface area contributed by atoms with Crippen molar-refractivity contribution >= 4 is 23.6 Å². The van der Waals surface area contributed by atoms with Gasteiger partial charge in [-0.25, -0.2) is 0 Å². The normalized spacial score (nSPS) is 19.8. The number of rotatable bonds is 4. The maximum Gasteiger partial charge on any atom is 0.243 e. The highest BCUT2D eigenvalue weighted by atomic mass is 32.2. The van der Waals surface area contributed by atoms with Crippen LogP contribution in [0.3, 0.4) is 0 Å². The second-order valence-corrected chi connectivity index (χ2v) is 9.04. The summed E-state index contributed by atoms with van der Waals surface area (Å²) in [7, 11) is 0. The molecule has 0 saturated carbocycles. The van der Waals surface area contributed by atoms with E-state index >= 15 is 0 Å². The highest BCUT2D eigenvalue weighted by Gasteiger charge is 2.35. The summed E-state index contributed by atoms with van der Waals surface area (Å²) in [5.74, 6) is 1.31. The summed E-state index contributed by atoms with van der Waals surface area (Å²) in [6, 6.07) is 6.00.